The van der Waals surface area contributed by atoms with Crippen molar-refractivity contribution in [1.82, 2.24) is 4.57 Å². The second-order valence-electron chi connectivity index (χ2n) is 2.70. The van der Waals surface area contributed by atoms with E-state index in [1.807, 2.05) is 13.8 Å². The predicted molar refractivity (Wildman–Crippen MR) is 59.1 cm³/mol. The Morgan fingerprint density at radius 2 is 2.07 bits per heavy atom. The molecule has 0 radical (unpaired) electrons. The maximum atomic E-state index is 11.4. The number of Topliss-reactive ketones (excluding diaryl/α,β-unsaturated/α-hetero) is 1. The summed E-state index contributed by atoms with van der Waals surface area (Å²) in [6.45, 7) is 5.46. The van der Waals surface area contributed by atoms with Crippen molar-refractivity contribution >= 4 is 5.78 Å². The molecule has 0 atom stereocenters. The van der Waals surface area contributed by atoms with Gasteiger partial charge in [-0.1, -0.05) is 13.8 Å². The summed E-state index contributed by atoms with van der Waals surface area (Å²) in [7, 11) is 0. The second kappa shape index (κ2) is 6.95. The lowest BCUT2D eigenvalue weighted by Gasteiger charge is -2.03. The zero-order valence-electron chi connectivity index (χ0n) is 9.36. The third-order valence-corrected chi connectivity index (χ3v) is 1.74. The van der Waals surface area contributed by atoms with Gasteiger partial charge < -0.3 is 9.67 Å². The molecule has 0 bridgehead atoms. The Bertz CT molecular complexity index is 368. The summed E-state index contributed by atoms with van der Waals surface area (Å²) in [6.07, 6.45) is 1.55. The van der Waals surface area contributed by atoms with Gasteiger partial charge in [0.2, 0.25) is 0 Å². The fourth-order valence-corrected chi connectivity index (χ4v) is 1.09. The number of aromatic nitrogens is 1. The summed E-state index contributed by atoms with van der Waals surface area (Å²) in [4.78, 5) is 22.4. The summed E-state index contributed by atoms with van der Waals surface area (Å²) < 4.78 is 1.32. The van der Waals surface area contributed by atoms with Gasteiger partial charge in [0.25, 0.3) is 5.56 Å². The minimum absolute atomic E-state index is 0.110. The Balaban J connectivity index is 0.000000921. The number of rotatable bonds is 3. The van der Waals surface area contributed by atoms with Crippen molar-refractivity contribution in [3.8, 4) is 0 Å². The molecule has 0 aliphatic carbocycles. The van der Waals surface area contributed by atoms with Gasteiger partial charge in [0, 0.05) is 12.7 Å². The molecular weight excluding hydrogens is 194 g/mol. The number of carbonyl (C=O) groups is 1. The molecule has 4 nitrogen and oxygen atoms in total. The number of nitrogens with zero attached hydrogens (tertiary/aromatic N) is 1. The van der Waals surface area contributed by atoms with Crippen molar-refractivity contribution in [2.24, 2.45) is 0 Å². The first-order valence-corrected chi connectivity index (χ1v) is 4.98. The van der Waals surface area contributed by atoms with Gasteiger partial charge in [0.15, 0.2) is 5.78 Å². The van der Waals surface area contributed by atoms with Crippen LogP contribution < -0.4 is 5.56 Å². The number of pyridine rings is 1. The zero-order chi connectivity index (χ0) is 11.8. The molecule has 0 spiro atoms. The van der Waals surface area contributed by atoms with E-state index < -0.39 is 0 Å². The minimum Gasteiger partial charge on any atom is -0.395 e. The lowest BCUT2D eigenvalue weighted by Crippen LogP contribution is -2.25. The van der Waals surface area contributed by atoms with Crippen LogP contribution >= 0.6 is 0 Å². The maximum Gasteiger partial charge on any atom is 0.261 e. The van der Waals surface area contributed by atoms with Gasteiger partial charge in [0.1, 0.15) is 0 Å². The molecule has 0 amide bonds. The zero-order valence-corrected chi connectivity index (χ0v) is 9.36. The summed E-state index contributed by atoms with van der Waals surface area (Å²) in [6, 6.07) is 3.10. The smallest absolute Gasteiger partial charge is 0.261 e. The Morgan fingerprint density at radius 3 is 2.53 bits per heavy atom. The average Bonchev–Trinajstić information content (AvgIpc) is 2.24. The highest BCUT2D eigenvalue weighted by atomic mass is 16.3. The van der Waals surface area contributed by atoms with Crippen LogP contribution in [-0.4, -0.2) is 22.1 Å². The van der Waals surface area contributed by atoms with Crippen molar-refractivity contribution in [3.05, 3.63) is 34.2 Å². The molecular formula is C11H17NO3. The van der Waals surface area contributed by atoms with Crippen LogP contribution in [0.2, 0.25) is 0 Å². The number of aliphatic hydroxyl groups excluding tert-OH is 1. The molecule has 1 N–H and O–H groups in total. The lowest BCUT2D eigenvalue weighted by atomic mass is 10.2. The van der Waals surface area contributed by atoms with E-state index in [-0.39, 0.29) is 30.1 Å². The standard InChI is InChI=1S/C9H11NO3.C2H6/c1-7(12)8-3-2-4-10(5-6-11)9(8)13;1-2/h2-4,11H,5-6H2,1H3;1-2H3. The van der Waals surface area contributed by atoms with Gasteiger partial charge in [-0.25, -0.2) is 0 Å². The Hall–Kier alpha value is -1.42. The first-order valence-electron chi connectivity index (χ1n) is 4.98. The summed E-state index contributed by atoms with van der Waals surface area (Å²) >= 11 is 0. The number of hydrogen-bond acceptors (Lipinski definition) is 3. The van der Waals surface area contributed by atoms with Crippen molar-refractivity contribution in [2.75, 3.05) is 6.61 Å². The van der Waals surface area contributed by atoms with E-state index in [9.17, 15) is 9.59 Å². The molecule has 1 rings (SSSR count). The number of hydrogen-bond donors (Lipinski definition) is 1. The van der Waals surface area contributed by atoms with Crippen LogP contribution in [0.4, 0.5) is 0 Å². The van der Waals surface area contributed by atoms with E-state index in [1.54, 1.807) is 12.3 Å². The summed E-state index contributed by atoms with van der Waals surface area (Å²) in [5.41, 5.74) is -0.181. The van der Waals surface area contributed by atoms with Crippen molar-refractivity contribution in [2.45, 2.75) is 27.3 Å². The van der Waals surface area contributed by atoms with Crippen LogP contribution in [0, 0.1) is 0 Å². The lowest BCUT2D eigenvalue weighted by molar-refractivity contribution is 0.101. The van der Waals surface area contributed by atoms with E-state index in [0.717, 1.165) is 0 Å². The van der Waals surface area contributed by atoms with Crippen LogP contribution in [0.5, 0.6) is 0 Å². The van der Waals surface area contributed by atoms with Gasteiger partial charge in [-0.2, -0.15) is 0 Å². The van der Waals surface area contributed by atoms with Gasteiger partial charge >= 0.3 is 0 Å². The van der Waals surface area contributed by atoms with Gasteiger partial charge in [-0.3, -0.25) is 9.59 Å². The topological polar surface area (TPSA) is 59.3 Å². The molecule has 15 heavy (non-hydrogen) atoms. The molecule has 0 fully saturated rings. The van der Waals surface area contributed by atoms with Crippen LogP contribution in [-0.2, 0) is 6.54 Å². The molecule has 4 heteroatoms. The van der Waals surface area contributed by atoms with Gasteiger partial charge in [0.05, 0.1) is 12.2 Å². The summed E-state index contributed by atoms with van der Waals surface area (Å²) in [5, 5.41) is 8.63. The minimum atomic E-state index is -0.343. The first kappa shape index (κ1) is 13.6. The molecule has 0 unspecified atom stereocenters. The van der Waals surface area contributed by atoms with Crippen molar-refractivity contribution < 1.29 is 9.90 Å². The highest BCUT2D eigenvalue weighted by Gasteiger charge is 2.06. The molecule has 0 saturated heterocycles. The van der Waals surface area contributed by atoms with E-state index in [4.69, 9.17) is 5.11 Å². The SMILES string of the molecule is CC.CC(=O)c1cccn(CCO)c1=O. The van der Waals surface area contributed by atoms with Crippen LogP contribution in [0.25, 0.3) is 0 Å². The normalized spacial score (nSPS) is 9.07. The highest BCUT2D eigenvalue weighted by Crippen LogP contribution is 1.92. The van der Waals surface area contributed by atoms with E-state index >= 15 is 0 Å². The number of carbonyl (C=O) groups excluding carboxylic acids is 1. The second-order valence-corrected chi connectivity index (χ2v) is 2.70. The first-order chi connectivity index (χ1) is 7.16. The predicted octanol–water partition coefficient (Wildman–Crippen LogP) is 1.07. The van der Waals surface area contributed by atoms with Crippen LogP contribution in [0.15, 0.2) is 23.1 Å². The van der Waals surface area contributed by atoms with E-state index in [2.05, 4.69) is 0 Å². The molecule has 0 aliphatic heterocycles. The fourth-order valence-electron chi connectivity index (χ4n) is 1.09. The van der Waals surface area contributed by atoms with Crippen molar-refractivity contribution in [1.29, 1.82) is 0 Å². The fraction of sp³-hybridized carbons (Fsp3) is 0.455. The quantitative estimate of drug-likeness (QED) is 0.761. The third kappa shape index (κ3) is 3.67. The number of aliphatic hydroxyl groups is 1. The number of ketones is 1. The molecule has 0 saturated carbocycles. The van der Waals surface area contributed by atoms with E-state index in [1.165, 1.54) is 17.6 Å². The average molecular weight is 211 g/mol. The van der Waals surface area contributed by atoms with Gasteiger partial charge in [-0.15, -0.1) is 0 Å². The third-order valence-electron chi connectivity index (χ3n) is 1.74. The molecule has 84 valence electrons. The Labute approximate surface area is 89.2 Å². The Kier molecular flexibility index (Phi) is 6.29. The van der Waals surface area contributed by atoms with E-state index in [0.29, 0.717) is 0 Å². The molecule has 0 aromatic carbocycles. The van der Waals surface area contributed by atoms with Crippen LogP contribution in [0.3, 0.4) is 0 Å². The van der Waals surface area contributed by atoms with Gasteiger partial charge in [-0.05, 0) is 19.1 Å². The maximum absolute atomic E-state index is 11.4. The molecule has 1 heterocycles. The molecule has 1 aromatic heterocycles. The molecule has 1 aromatic rings. The largest absolute Gasteiger partial charge is 0.395 e. The highest BCUT2D eigenvalue weighted by molar-refractivity contribution is 5.93. The van der Waals surface area contributed by atoms with Crippen molar-refractivity contribution in [3.63, 3.8) is 0 Å². The van der Waals surface area contributed by atoms with Crippen LogP contribution in [0.1, 0.15) is 31.1 Å². The monoisotopic (exact) mass is 211 g/mol. The Morgan fingerprint density at radius 1 is 1.47 bits per heavy atom. The molecule has 0 aliphatic rings. The summed E-state index contributed by atoms with van der Waals surface area (Å²) in [5.74, 6) is -0.253.